The van der Waals surface area contributed by atoms with E-state index in [1.165, 1.54) is 12.1 Å². The lowest BCUT2D eigenvalue weighted by molar-refractivity contribution is -0.192. The minimum Gasteiger partial charge on any atom is -0.475 e. The number of pyridine rings is 1. The number of carboxylic acids is 1. The number of aromatic nitrogens is 1. The Morgan fingerprint density at radius 1 is 1.16 bits per heavy atom. The topological polar surface area (TPSA) is 82.5 Å². The molecule has 174 valence electrons. The molecule has 10 heteroatoms. The zero-order valence-electron chi connectivity index (χ0n) is 17.5. The number of hydrogen-bond acceptors (Lipinski definition) is 5. The number of carbonyl (C=O) groups is 2. The largest absolute Gasteiger partial charge is 0.490 e. The maximum Gasteiger partial charge on any atom is 0.490 e. The number of nitrogens with zero attached hydrogens (tertiary/aromatic N) is 2. The van der Waals surface area contributed by atoms with E-state index in [1.807, 2.05) is 6.07 Å². The molecule has 0 bridgehead atoms. The number of anilines is 1. The normalized spacial score (nSPS) is 14.9. The quantitative estimate of drug-likeness (QED) is 0.503. The Balaban J connectivity index is 0.000000451. The molecule has 2 aromatic rings. The number of benzene rings is 1. The summed E-state index contributed by atoms with van der Waals surface area (Å²) < 4.78 is 44.7. The highest BCUT2D eigenvalue weighted by Crippen LogP contribution is 2.19. The summed E-state index contributed by atoms with van der Waals surface area (Å²) in [5.74, 6) is -1.46. The number of halogens is 4. The van der Waals surface area contributed by atoms with Gasteiger partial charge in [-0.1, -0.05) is 6.07 Å². The van der Waals surface area contributed by atoms with Crippen LogP contribution in [0.4, 0.5) is 23.4 Å². The van der Waals surface area contributed by atoms with Crippen LogP contribution in [0.1, 0.15) is 28.8 Å². The molecule has 0 radical (unpaired) electrons. The first-order valence-electron chi connectivity index (χ1n) is 10.0. The fraction of sp³-hybridized carbons (Fsp3) is 0.409. The Kier molecular flexibility index (Phi) is 9.13. The van der Waals surface area contributed by atoms with Crippen molar-refractivity contribution >= 4 is 17.6 Å². The van der Waals surface area contributed by atoms with Crippen LogP contribution in [-0.2, 0) is 4.79 Å². The molecule has 1 aliphatic heterocycles. The second-order valence-corrected chi connectivity index (χ2v) is 7.50. The number of carbonyl (C=O) groups excluding carboxylic acids is 1. The zero-order chi connectivity index (χ0) is 23.7. The Morgan fingerprint density at radius 3 is 2.28 bits per heavy atom. The van der Waals surface area contributed by atoms with Gasteiger partial charge >= 0.3 is 12.1 Å². The van der Waals surface area contributed by atoms with Crippen LogP contribution in [0.2, 0.25) is 0 Å². The van der Waals surface area contributed by atoms with Gasteiger partial charge in [-0.2, -0.15) is 13.2 Å². The highest BCUT2D eigenvalue weighted by atomic mass is 19.4. The lowest BCUT2D eigenvalue weighted by Gasteiger charge is -2.31. The van der Waals surface area contributed by atoms with Crippen LogP contribution < -0.4 is 5.32 Å². The molecular weight excluding hydrogens is 430 g/mol. The van der Waals surface area contributed by atoms with Crippen molar-refractivity contribution in [2.45, 2.75) is 25.9 Å². The summed E-state index contributed by atoms with van der Waals surface area (Å²) in [6, 6.07) is 9.79. The standard InChI is InChI=1S/C20H24FN3O.C2HF3O2/c1-15-3-2-10-22-20(15)23-13-16-8-11-24(12-9-16)14-19(25)17-4-6-18(21)7-5-17;3-2(4,5)1(6)7/h2-7,10,16H,8-9,11-14H2,1H3,(H,22,23);(H,6,7). The number of aryl methyl sites for hydroxylation is 1. The van der Waals surface area contributed by atoms with E-state index in [2.05, 4.69) is 28.2 Å². The minimum atomic E-state index is -5.08. The predicted octanol–water partition coefficient (Wildman–Crippen LogP) is 4.17. The molecule has 0 aliphatic carbocycles. The van der Waals surface area contributed by atoms with E-state index in [4.69, 9.17) is 9.90 Å². The summed E-state index contributed by atoms with van der Waals surface area (Å²) >= 11 is 0. The summed E-state index contributed by atoms with van der Waals surface area (Å²) in [6.45, 7) is 5.21. The summed E-state index contributed by atoms with van der Waals surface area (Å²) in [6.07, 6.45) is -1.15. The number of ketones is 1. The lowest BCUT2D eigenvalue weighted by Crippen LogP contribution is -2.39. The molecule has 0 amide bonds. The molecule has 1 fully saturated rings. The van der Waals surface area contributed by atoms with E-state index in [0.29, 0.717) is 18.0 Å². The summed E-state index contributed by atoms with van der Waals surface area (Å²) in [5, 5.41) is 10.6. The van der Waals surface area contributed by atoms with Crippen molar-refractivity contribution in [3.63, 3.8) is 0 Å². The van der Waals surface area contributed by atoms with Gasteiger partial charge in [-0.05, 0) is 74.7 Å². The highest BCUT2D eigenvalue weighted by molar-refractivity contribution is 5.97. The maximum absolute atomic E-state index is 12.9. The highest BCUT2D eigenvalue weighted by Gasteiger charge is 2.38. The maximum atomic E-state index is 12.9. The van der Waals surface area contributed by atoms with Crippen molar-refractivity contribution in [2.75, 3.05) is 31.5 Å². The molecule has 1 aromatic heterocycles. The third-order valence-corrected chi connectivity index (χ3v) is 5.05. The minimum absolute atomic E-state index is 0.0562. The smallest absolute Gasteiger partial charge is 0.475 e. The van der Waals surface area contributed by atoms with Crippen LogP contribution in [0, 0.1) is 18.7 Å². The Hall–Kier alpha value is -3.01. The van der Waals surface area contributed by atoms with Crippen molar-refractivity contribution in [3.05, 3.63) is 59.5 Å². The van der Waals surface area contributed by atoms with Crippen LogP contribution in [-0.4, -0.2) is 59.1 Å². The fourth-order valence-corrected chi connectivity index (χ4v) is 3.19. The molecule has 3 rings (SSSR count). The van der Waals surface area contributed by atoms with Crippen LogP contribution in [0.25, 0.3) is 0 Å². The molecule has 1 aromatic carbocycles. The Labute approximate surface area is 183 Å². The second-order valence-electron chi connectivity index (χ2n) is 7.50. The first-order chi connectivity index (χ1) is 15.1. The van der Waals surface area contributed by atoms with Gasteiger partial charge in [0, 0.05) is 18.3 Å². The number of aliphatic carboxylic acids is 1. The van der Waals surface area contributed by atoms with Gasteiger partial charge in [0.05, 0.1) is 6.54 Å². The predicted molar refractivity (Wildman–Crippen MR) is 111 cm³/mol. The molecule has 6 nitrogen and oxygen atoms in total. The number of alkyl halides is 3. The molecule has 2 heterocycles. The van der Waals surface area contributed by atoms with E-state index in [9.17, 15) is 22.4 Å². The molecule has 32 heavy (non-hydrogen) atoms. The molecule has 2 N–H and O–H groups in total. The average molecular weight is 455 g/mol. The Bertz CT molecular complexity index is 896. The first kappa shape index (κ1) is 25.3. The molecule has 0 unspecified atom stereocenters. The first-order valence-corrected chi connectivity index (χ1v) is 10.0. The van der Waals surface area contributed by atoms with Gasteiger partial charge in [-0.3, -0.25) is 9.69 Å². The number of piperidine rings is 1. The Morgan fingerprint density at radius 2 is 1.75 bits per heavy atom. The van der Waals surface area contributed by atoms with Gasteiger partial charge in [0.2, 0.25) is 0 Å². The van der Waals surface area contributed by atoms with Crippen molar-refractivity contribution in [1.29, 1.82) is 0 Å². The van der Waals surface area contributed by atoms with Crippen LogP contribution in [0.15, 0.2) is 42.6 Å². The molecule has 1 saturated heterocycles. The van der Waals surface area contributed by atoms with E-state index in [-0.39, 0.29) is 11.6 Å². The number of carboxylic acid groups (broad SMARTS) is 1. The number of Topliss-reactive ketones (excluding diaryl/α,β-unsaturated/α-hetero) is 1. The third-order valence-electron chi connectivity index (χ3n) is 5.05. The van der Waals surface area contributed by atoms with Crippen molar-refractivity contribution in [3.8, 4) is 0 Å². The van der Waals surface area contributed by atoms with Crippen molar-refractivity contribution < 1.29 is 32.3 Å². The SMILES string of the molecule is Cc1cccnc1NCC1CCN(CC(=O)c2ccc(F)cc2)CC1.O=C(O)C(F)(F)F. The molecule has 0 spiro atoms. The van der Waals surface area contributed by atoms with Gasteiger partial charge in [0.25, 0.3) is 0 Å². The van der Waals surface area contributed by atoms with E-state index < -0.39 is 12.1 Å². The van der Waals surface area contributed by atoms with Crippen LogP contribution in [0.5, 0.6) is 0 Å². The number of nitrogens with one attached hydrogen (secondary N) is 1. The second kappa shape index (κ2) is 11.6. The number of hydrogen-bond donors (Lipinski definition) is 2. The molecule has 0 atom stereocenters. The third kappa shape index (κ3) is 8.26. The summed E-state index contributed by atoms with van der Waals surface area (Å²) in [7, 11) is 0. The van der Waals surface area contributed by atoms with Crippen LogP contribution >= 0.6 is 0 Å². The average Bonchev–Trinajstić information content (AvgIpc) is 2.74. The zero-order valence-corrected chi connectivity index (χ0v) is 17.5. The fourth-order valence-electron chi connectivity index (χ4n) is 3.19. The lowest BCUT2D eigenvalue weighted by atomic mass is 9.96. The number of likely N-dealkylation sites (tertiary alicyclic amines) is 1. The van der Waals surface area contributed by atoms with Gasteiger partial charge in [-0.25, -0.2) is 14.2 Å². The van der Waals surface area contributed by atoms with Crippen molar-refractivity contribution in [2.24, 2.45) is 5.92 Å². The monoisotopic (exact) mass is 455 g/mol. The summed E-state index contributed by atoms with van der Waals surface area (Å²) in [4.78, 5) is 27.7. The van der Waals surface area contributed by atoms with Gasteiger partial charge < -0.3 is 10.4 Å². The number of rotatable bonds is 6. The molecule has 0 saturated carbocycles. The van der Waals surface area contributed by atoms with Gasteiger partial charge in [-0.15, -0.1) is 0 Å². The summed E-state index contributed by atoms with van der Waals surface area (Å²) in [5.41, 5.74) is 1.74. The van der Waals surface area contributed by atoms with E-state index in [1.54, 1.807) is 18.3 Å². The van der Waals surface area contributed by atoms with Crippen molar-refractivity contribution in [1.82, 2.24) is 9.88 Å². The molecular formula is C22H25F4N3O3. The van der Waals surface area contributed by atoms with E-state index >= 15 is 0 Å². The van der Waals surface area contributed by atoms with Crippen LogP contribution in [0.3, 0.4) is 0 Å². The van der Waals surface area contributed by atoms with Gasteiger partial charge in [0.1, 0.15) is 11.6 Å². The van der Waals surface area contributed by atoms with E-state index in [0.717, 1.165) is 43.9 Å². The van der Waals surface area contributed by atoms with Gasteiger partial charge in [0.15, 0.2) is 5.78 Å². The molecule has 1 aliphatic rings.